The predicted molar refractivity (Wildman–Crippen MR) is 127 cm³/mol. The zero-order valence-corrected chi connectivity index (χ0v) is 20.3. The van der Waals surface area contributed by atoms with Gasteiger partial charge in [-0.1, -0.05) is 50.8 Å². The minimum absolute atomic E-state index is 0.0526. The molecule has 1 spiro atoms. The summed E-state index contributed by atoms with van der Waals surface area (Å²) in [5.74, 6) is -2.88. The number of aliphatic hydroxyl groups excluding tert-OH is 2. The first-order valence-corrected chi connectivity index (χ1v) is 13.4. The molecule has 10 heteroatoms. The zero-order valence-electron chi connectivity index (χ0n) is 19.5. The van der Waals surface area contributed by atoms with Gasteiger partial charge in [0, 0.05) is 6.42 Å². The molecule has 190 valence electrons. The molecule has 0 saturated carbocycles. The van der Waals surface area contributed by atoms with Crippen LogP contribution < -0.4 is 4.72 Å². The number of hydrogen-bond donors (Lipinski definition) is 4. The molecule has 1 fully saturated rings. The van der Waals surface area contributed by atoms with Gasteiger partial charge in [-0.05, 0) is 37.0 Å². The highest BCUT2D eigenvalue weighted by atomic mass is 32.2. The molecule has 34 heavy (non-hydrogen) atoms. The molecule has 0 aromatic heterocycles. The molecule has 1 aliphatic heterocycles. The van der Waals surface area contributed by atoms with Crippen LogP contribution in [0.4, 0.5) is 5.69 Å². The Bertz CT molecular complexity index is 965. The fourth-order valence-corrected chi connectivity index (χ4v) is 6.16. The summed E-state index contributed by atoms with van der Waals surface area (Å²) in [7, 11) is -4.09. The normalized spacial score (nSPS) is 27.0. The Hall–Kier alpha value is -1.98. The van der Waals surface area contributed by atoms with E-state index >= 15 is 0 Å². The van der Waals surface area contributed by atoms with Gasteiger partial charge in [0.15, 0.2) is 5.79 Å². The van der Waals surface area contributed by atoms with Crippen molar-refractivity contribution in [3.63, 3.8) is 0 Å². The SMILES string of the molecule is CCCCCCCc1ccccc1NS(=O)(=O)C1CCC2(C=C1C(=O)O)OC(CO)C(CO)O2. The quantitative estimate of drug-likeness (QED) is 0.323. The third-order valence-electron chi connectivity index (χ3n) is 6.39. The van der Waals surface area contributed by atoms with Gasteiger partial charge in [0.25, 0.3) is 0 Å². The molecule has 9 nitrogen and oxygen atoms in total. The molecule has 4 N–H and O–H groups in total. The summed E-state index contributed by atoms with van der Waals surface area (Å²) in [4.78, 5) is 12.0. The van der Waals surface area contributed by atoms with Crippen LogP contribution in [0.1, 0.15) is 57.4 Å². The number of sulfonamides is 1. The standard InChI is InChI=1S/C24H35NO8S/c1-2-3-4-5-6-9-17-10-7-8-11-19(17)25-34(30,31)22-12-13-24(14-18(22)23(28)29)32-20(15-26)21(16-27)33-24/h7-8,10-11,14,20-22,25-27H,2-6,9,12-13,15-16H2,1H3,(H,28,29). The predicted octanol–water partition coefficient (Wildman–Crippen LogP) is 2.58. The Labute approximate surface area is 200 Å². The summed E-state index contributed by atoms with van der Waals surface area (Å²) in [6, 6.07) is 7.17. The van der Waals surface area contributed by atoms with Gasteiger partial charge in [0.1, 0.15) is 17.5 Å². The molecule has 2 aliphatic rings. The lowest BCUT2D eigenvalue weighted by atomic mass is 9.94. The zero-order chi connectivity index (χ0) is 24.8. The monoisotopic (exact) mass is 497 g/mol. The number of para-hydroxylation sites is 1. The number of hydrogen-bond acceptors (Lipinski definition) is 7. The number of carboxylic acids is 1. The molecular formula is C24H35NO8S. The lowest BCUT2D eigenvalue weighted by Gasteiger charge is -2.33. The fourth-order valence-electron chi connectivity index (χ4n) is 4.58. The van der Waals surface area contributed by atoms with Crippen molar-refractivity contribution in [2.24, 2.45) is 0 Å². The molecule has 1 heterocycles. The van der Waals surface area contributed by atoms with Crippen LogP contribution in [0.5, 0.6) is 0 Å². The molecular weight excluding hydrogens is 462 g/mol. The highest BCUT2D eigenvalue weighted by molar-refractivity contribution is 7.93. The summed E-state index contributed by atoms with van der Waals surface area (Å²) in [5.41, 5.74) is 0.970. The summed E-state index contributed by atoms with van der Waals surface area (Å²) < 4.78 is 40.6. The number of benzene rings is 1. The van der Waals surface area contributed by atoms with Crippen molar-refractivity contribution in [3.05, 3.63) is 41.5 Å². The molecule has 1 aromatic rings. The molecule has 0 bridgehead atoms. The van der Waals surface area contributed by atoms with Crippen molar-refractivity contribution in [2.45, 2.75) is 81.5 Å². The molecule has 3 unspecified atom stereocenters. The van der Waals surface area contributed by atoms with Crippen molar-refractivity contribution >= 4 is 21.7 Å². The van der Waals surface area contributed by atoms with E-state index in [0.29, 0.717) is 5.69 Å². The van der Waals surface area contributed by atoms with Crippen molar-refractivity contribution in [3.8, 4) is 0 Å². The third kappa shape index (κ3) is 6.17. The Morgan fingerprint density at radius 3 is 2.35 bits per heavy atom. The van der Waals surface area contributed by atoms with E-state index < -0.39 is 52.5 Å². The van der Waals surface area contributed by atoms with Crippen LogP contribution in [0.2, 0.25) is 0 Å². The summed E-state index contributed by atoms with van der Waals surface area (Å²) in [5, 5.41) is 27.4. The van der Waals surface area contributed by atoms with Crippen LogP contribution in [-0.2, 0) is 30.7 Å². The second-order valence-corrected chi connectivity index (χ2v) is 10.8. The molecule has 1 aliphatic carbocycles. The van der Waals surface area contributed by atoms with E-state index in [1.165, 1.54) is 12.5 Å². The van der Waals surface area contributed by atoms with Gasteiger partial charge in [-0.25, -0.2) is 13.2 Å². The van der Waals surface area contributed by atoms with Crippen LogP contribution in [0.3, 0.4) is 0 Å². The molecule has 0 amide bonds. The molecule has 0 radical (unpaired) electrons. The van der Waals surface area contributed by atoms with E-state index in [1.807, 2.05) is 12.1 Å². The van der Waals surface area contributed by atoms with Crippen molar-refractivity contribution in [2.75, 3.05) is 17.9 Å². The summed E-state index contributed by atoms with van der Waals surface area (Å²) in [6.07, 6.45) is 5.73. The molecule has 3 rings (SSSR count). The highest BCUT2D eigenvalue weighted by Gasteiger charge is 2.51. The maximum Gasteiger partial charge on any atom is 0.332 e. The lowest BCUT2D eigenvalue weighted by molar-refractivity contribution is -0.153. The van der Waals surface area contributed by atoms with Crippen molar-refractivity contribution < 1.29 is 38.0 Å². The Kier molecular flexibility index (Phi) is 9.11. The first-order valence-electron chi connectivity index (χ1n) is 11.9. The third-order valence-corrected chi connectivity index (χ3v) is 8.14. The van der Waals surface area contributed by atoms with Gasteiger partial charge in [0.2, 0.25) is 10.0 Å². The van der Waals surface area contributed by atoms with E-state index in [2.05, 4.69) is 11.6 Å². The van der Waals surface area contributed by atoms with Gasteiger partial charge < -0.3 is 24.8 Å². The Morgan fingerprint density at radius 1 is 1.09 bits per heavy atom. The number of aliphatic carboxylic acids is 1. The summed E-state index contributed by atoms with van der Waals surface area (Å²) >= 11 is 0. The lowest BCUT2D eigenvalue weighted by Crippen LogP contribution is -2.42. The number of anilines is 1. The number of rotatable bonds is 12. The second-order valence-electron chi connectivity index (χ2n) is 8.89. The molecule has 3 atom stereocenters. The Balaban J connectivity index is 1.79. The van der Waals surface area contributed by atoms with Gasteiger partial charge in [-0.3, -0.25) is 4.72 Å². The topological polar surface area (TPSA) is 142 Å². The number of aryl methyl sites for hydroxylation is 1. The van der Waals surface area contributed by atoms with E-state index in [1.54, 1.807) is 12.1 Å². The molecule has 1 saturated heterocycles. The van der Waals surface area contributed by atoms with Crippen LogP contribution >= 0.6 is 0 Å². The maximum absolute atomic E-state index is 13.3. The van der Waals surface area contributed by atoms with E-state index in [9.17, 15) is 28.5 Å². The molecule has 1 aromatic carbocycles. The average Bonchev–Trinajstić information content (AvgIpc) is 3.16. The number of nitrogens with one attached hydrogen (secondary N) is 1. The van der Waals surface area contributed by atoms with Crippen LogP contribution in [-0.4, -0.2) is 66.2 Å². The van der Waals surface area contributed by atoms with Gasteiger partial charge in [0.05, 0.1) is 24.5 Å². The van der Waals surface area contributed by atoms with E-state index in [4.69, 9.17) is 9.47 Å². The first kappa shape index (κ1) is 26.6. The van der Waals surface area contributed by atoms with Crippen LogP contribution in [0.25, 0.3) is 0 Å². The van der Waals surface area contributed by atoms with Gasteiger partial charge in [-0.15, -0.1) is 0 Å². The van der Waals surface area contributed by atoms with Gasteiger partial charge >= 0.3 is 5.97 Å². The summed E-state index contributed by atoms with van der Waals surface area (Å²) in [6.45, 7) is 1.32. The van der Waals surface area contributed by atoms with Crippen molar-refractivity contribution in [1.82, 2.24) is 0 Å². The number of carboxylic acid groups (broad SMARTS) is 1. The second kappa shape index (κ2) is 11.6. The van der Waals surface area contributed by atoms with Crippen molar-refractivity contribution in [1.29, 1.82) is 0 Å². The minimum Gasteiger partial charge on any atom is -0.478 e. The number of carbonyl (C=O) groups is 1. The fraction of sp³-hybridized carbons (Fsp3) is 0.625. The van der Waals surface area contributed by atoms with Crippen LogP contribution in [0.15, 0.2) is 35.9 Å². The largest absolute Gasteiger partial charge is 0.478 e. The smallest absolute Gasteiger partial charge is 0.332 e. The number of ether oxygens (including phenoxy) is 2. The number of unbranched alkanes of at least 4 members (excludes halogenated alkanes) is 4. The minimum atomic E-state index is -4.09. The Morgan fingerprint density at radius 2 is 1.74 bits per heavy atom. The van der Waals surface area contributed by atoms with Gasteiger partial charge in [-0.2, -0.15) is 0 Å². The highest BCUT2D eigenvalue weighted by Crippen LogP contribution is 2.41. The average molecular weight is 498 g/mol. The first-order chi connectivity index (χ1) is 16.2. The number of aliphatic hydroxyl groups is 2. The van der Waals surface area contributed by atoms with Crippen LogP contribution in [0, 0.1) is 0 Å². The maximum atomic E-state index is 13.3. The van der Waals surface area contributed by atoms with E-state index in [0.717, 1.165) is 37.7 Å². The van der Waals surface area contributed by atoms with E-state index in [-0.39, 0.29) is 18.4 Å².